The maximum atomic E-state index is 11.0. The van der Waals surface area contributed by atoms with Crippen molar-refractivity contribution in [2.75, 3.05) is 5.32 Å². The highest BCUT2D eigenvalue weighted by atomic mass is 32.2. The minimum absolute atomic E-state index is 0.0434. The second-order valence-corrected chi connectivity index (χ2v) is 7.84. The Morgan fingerprint density at radius 3 is 2.38 bits per heavy atom. The molecule has 8 heteroatoms. The number of carboxylic acid groups (broad SMARTS) is 1. The van der Waals surface area contributed by atoms with E-state index in [1.807, 2.05) is 24.3 Å². The molecule has 26 heavy (non-hydrogen) atoms. The van der Waals surface area contributed by atoms with Gasteiger partial charge in [0, 0.05) is 25.6 Å². The van der Waals surface area contributed by atoms with Gasteiger partial charge in [0.2, 0.25) is 0 Å². The second-order valence-electron chi connectivity index (χ2n) is 5.40. The third-order valence-electron chi connectivity index (χ3n) is 3.52. The van der Waals surface area contributed by atoms with Crippen LogP contribution in [-0.4, -0.2) is 16.1 Å². The first kappa shape index (κ1) is 18.0. The molecule has 0 aliphatic carbocycles. The Bertz CT molecular complexity index is 968. The summed E-state index contributed by atoms with van der Waals surface area (Å²) in [5, 5.41) is 21.9. The lowest BCUT2D eigenvalue weighted by atomic mass is 10.2. The Morgan fingerprint density at radius 1 is 1.12 bits per heavy atom. The second kappa shape index (κ2) is 7.59. The van der Waals surface area contributed by atoms with E-state index < -0.39 is 11.0 Å². The Morgan fingerprint density at radius 2 is 1.81 bits per heavy atom. The van der Waals surface area contributed by atoms with Gasteiger partial charge in [-0.05, 0) is 48.9 Å². The van der Waals surface area contributed by atoms with Crippen LogP contribution in [0.25, 0.3) is 10.4 Å². The number of hydrogen-bond donors (Lipinski definition) is 2. The average molecular weight is 386 g/mol. The SMILES string of the molecule is Cc1ccc(-c2ccc(Sc3ccc([N+](=O)[O-])c(NC(=O)O)c3)cc2)s1. The number of aryl methyl sites for hydroxylation is 1. The molecule has 0 saturated heterocycles. The van der Waals surface area contributed by atoms with Crippen LogP contribution in [0.4, 0.5) is 16.2 Å². The molecule has 0 atom stereocenters. The number of nitro groups is 1. The Kier molecular flexibility index (Phi) is 5.24. The van der Waals surface area contributed by atoms with Crippen LogP contribution >= 0.6 is 23.1 Å². The molecule has 0 spiro atoms. The maximum absolute atomic E-state index is 11.0. The smallest absolute Gasteiger partial charge is 0.409 e. The van der Waals surface area contributed by atoms with Crippen LogP contribution in [-0.2, 0) is 0 Å². The third kappa shape index (κ3) is 4.22. The van der Waals surface area contributed by atoms with E-state index in [9.17, 15) is 14.9 Å². The zero-order chi connectivity index (χ0) is 18.7. The lowest BCUT2D eigenvalue weighted by molar-refractivity contribution is -0.384. The fourth-order valence-electron chi connectivity index (χ4n) is 2.37. The lowest BCUT2D eigenvalue weighted by Crippen LogP contribution is -2.09. The number of benzene rings is 2. The largest absolute Gasteiger partial charge is 0.465 e. The van der Waals surface area contributed by atoms with E-state index in [0.29, 0.717) is 4.90 Å². The van der Waals surface area contributed by atoms with Gasteiger partial charge in [0.15, 0.2) is 0 Å². The summed E-state index contributed by atoms with van der Waals surface area (Å²) in [7, 11) is 0. The van der Waals surface area contributed by atoms with Gasteiger partial charge in [-0.1, -0.05) is 23.9 Å². The highest BCUT2D eigenvalue weighted by molar-refractivity contribution is 7.99. The molecule has 0 bridgehead atoms. The number of nitrogens with one attached hydrogen (secondary N) is 1. The molecule has 3 aromatic rings. The number of hydrogen-bond acceptors (Lipinski definition) is 5. The summed E-state index contributed by atoms with van der Waals surface area (Å²) >= 11 is 3.13. The molecule has 132 valence electrons. The molecule has 6 nitrogen and oxygen atoms in total. The normalized spacial score (nSPS) is 10.5. The molecule has 2 aromatic carbocycles. The van der Waals surface area contributed by atoms with Crippen molar-refractivity contribution in [2.24, 2.45) is 0 Å². The van der Waals surface area contributed by atoms with Gasteiger partial charge in [-0.2, -0.15) is 0 Å². The lowest BCUT2D eigenvalue weighted by Gasteiger charge is -2.07. The predicted octanol–water partition coefficient (Wildman–Crippen LogP) is 5.87. The van der Waals surface area contributed by atoms with Gasteiger partial charge in [-0.3, -0.25) is 15.4 Å². The summed E-state index contributed by atoms with van der Waals surface area (Å²) in [4.78, 5) is 25.4. The number of nitro benzene ring substituents is 1. The van der Waals surface area contributed by atoms with Gasteiger partial charge in [-0.25, -0.2) is 4.79 Å². The summed E-state index contributed by atoms with van der Waals surface area (Å²) in [5.74, 6) is 0. The van der Waals surface area contributed by atoms with Crippen molar-refractivity contribution in [3.63, 3.8) is 0 Å². The van der Waals surface area contributed by atoms with E-state index in [1.165, 1.54) is 33.6 Å². The molecule has 0 aliphatic rings. The number of rotatable bonds is 5. The van der Waals surface area contributed by atoms with Crippen LogP contribution < -0.4 is 5.32 Å². The summed E-state index contributed by atoms with van der Waals surface area (Å²) in [5.41, 5.74) is 0.808. The fourth-order valence-corrected chi connectivity index (χ4v) is 4.10. The van der Waals surface area contributed by atoms with Gasteiger partial charge in [0.1, 0.15) is 5.69 Å². The highest BCUT2D eigenvalue weighted by Crippen LogP contribution is 2.35. The summed E-state index contributed by atoms with van der Waals surface area (Å²) < 4.78 is 0. The first-order chi connectivity index (χ1) is 12.4. The van der Waals surface area contributed by atoms with E-state index in [0.717, 1.165) is 10.5 Å². The zero-order valence-corrected chi connectivity index (χ0v) is 15.3. The Hall–Kier alpha value is -2.84. The summed E-state index contributed by atoms with van der Waals surface area (Å²) in [6.07, 6.45) is -1.34. The summed E-state index contributed by atoms with van der Waals surface area (Å²) in [6, 6.07) is 16.5. The van der Waals surface area contributed by atoms with E-state index in [4.69, 9.17) is 5.11 Å². The van der Waals surface area contributed by atoms with Crippen molar-refractivity contribution in [3.8, 4) is 10.4 Å². The molecular weight excluding hydrogens is 372 g/mol. The highest BCUT2D eigenvalue weighted by Gasteiger charge is 2.16. The minimum atomic E-state index is -1.34. The van der Waals surface area contributed by atoms with Crippen LogP contribution in [0, 0.1) is 17.0 Å². The van der Waals surface area contributed by atoms with E-state index in [-0.39, 0.29) is 11.4 Å². The molecule has 0 unspecified atom stereocenters. The van der Waals surface area contributed by atoms with Crippen molar-refractivity contribution in [2.45, 2.75) is 16.7 Å². The number of amides is 1. The van der Waals surface area contributed by atoms with Crippen molar-refractivity contribution >= 4 is 40.6 Å². The molecule has 1 aromatic heterocycles. The van der Waals surface area contributed by atoms with Gasteiger partial charge in [-0.15, -0.1) is 11.3 Å². The third-order valence-corrected chi connectivity index (χ3v) is 5.57. The van der Waals surface area contributed by atoms with Gasteiger partial charge < -0.3 is 5.11 Å². The van der Waals surface area contributed by atoms with Gasteiger partial charge in [0.25, 0.3) is 5.69 Å². The molecule has 0 aliphatic heterocycles. The molecule has 3 rings (SSSR count). The molecule has 1 amide bonds. The van der Waals surface area contributed by atoms with Gasteiger partial charge >= 0.3 is 6.09 Å². The molecule has 0 fully saturated rings. The first-order valence-electron chi connectivity index (χ1n) is 7.55. The number of carbonyl (C=O) groups is 1. The van der Waals surface area contributed by atoms with Crippen LogP contribution in [0.15, 0.2) is 64.4 Å². The Balaban J connectivity index is 1.82. The molecule has 2 N–H and O–H groups in total. The number of nitrogens with zero attached hydrogens (tertiary/aromatic N) is 1. The average Bonchev–Trinajstić information content (AvgIpc) is 3.01. The predicted molar refractivity (Wildman–Crippen MR) is 103 cm³/mol. The Labute approximate surface area is 157 Å². The van der Waals surface area contributed by atoms with Crippen molar-refractivity contribution in [1.82, 2.24) is 0 Å². The molecule has 1 heterocycles. The van der Waals surface area contributed by atoms with Crippen LogP contribution in [0.1, 0.15) is 4.88 Å². The molecular formula is C18H14N2O4S2. The summed E-state index contributed by atoms with van der Waals surface area (Å²) in [6.45, 7) is 2.07. The fraction of sp³-hybridized carbons (Fsp3) is 0.0556. The molecule has 0 saturated carbocycles. The maximum Gasteiger partial charge on any atom is 0.409 e. The zero-order valence-electron chi connectivity index (χ0n) is 13.6. The topological polar surface area (TPSA) is 92.5 Å². The quantitative estimate of drug-likeness (QED) is 0.422. The first-order valence-corrected chi connectivity index (χ1v) is 9.19. The van der Waals surface area contributed by atoms with Crippen LogP contribution in [0.2, 0.25) is 0 Å². The van der Waals surface area contributed by atoms with E-state index in [2.05, 4.69) is 24.4 Å². The van der Waals surface area contributed by atoms with Crippen molar-refractivity contribution in [1.29, 1.82) is 0 Å². The van der Waals surface area contributed by atoms with E-state index >= 15 is 0 Å². The standard InChI is InChI=1S/C18H14N2O4S2/c1-11-2-9-17(25-11)12-3-5-13(6-4-12)26-14-7-8-16(20(23)24)15(10-14)19-18(21)22/h2-10,19H,1H3,(H,21,22). The van der Waals surface area contributed by atoms with E-state index in [1.54, 1.807) is 17.4 Å². The van der Waals surface area contributed by atoms with Crippen LogP contribution in [0.5, 0.6) is 0 Å². The van der Waals surface area contributed by atoms with Crippen molar-refractivity contribution in [3.05, 3.63) is 69.6 Å². The number of thiophene rings is 1. The van der Waals surface area contributed by atoms with Crippen molar-refractivity contribution < 1.29 is 14.8 Å². The monoisotopic (exact) mass is 386 g/mol. The van der Waals surface area contributed by atoms with Gasteiger partial charge in [0.05, 0.1) is 4.92 Å². The van der Waals surface area contributed by atoms with Crippen LogP contribution in [0.3, 0.4) is 0 Å². The minimum Gasteiger partial charge on any atom is -0.465 e. The molecule has 0 radical (unpaired) electrons. The number of anilines is 1.